The molecule has 0 aliphatic carbocycles. The largest absolute Gasteiger partial charge is 1.00 e. The third kappa shape index (κ3) is 6.78. The first-order valence-corrected chi connectivity index (χ1v) is 12.2. The second kappa shape index (κ2) is 12.4. The van der Waals surface area contributed by atoms with Crippen molar-refractivity contribution in [3.05, 3.63) is 81.4 Å². The van der Waals surface area contributed by atoms with Crippen LogP contribution in [0.4, 0.5) is 19.1 Å². The zero-order valence-electron chi connectivity index (χ0n) is 21.2. The molecular formula is C22H13F3N7Na2O6P. The monoisotopic (exact) mass is 605 g/mol. The Morgan fingerprint density at radius 1 is 1.00 bits per heavy atom. The van der Waals surface area contributed by atoms with Crippen molar-refractivity contribution in [2.45, 2.75) is 12.9 Å². The summed E-state index contributed by atoms with van der Waals surface area (Å²) in [6.07, 6.45) is -1.01. The maximum Gasteiger partial charge on any atom is 1.00 e. The summed E-state index contributed by atoms with van der Waals surface area (Å²) in [5, 5.41) is -0.326. The fourth-order valence-corrected chi connectivity index (χ4v) is 4.08. The molecule has 1 aromatic carbocycles. The Morgan fingerprint density at radius 2 is 1.68 bits per heavy atom. The number of anilines is 1. The molecule has 0 atom stereocenters. The predicted octanol–water partition coefficient (Wildman–Crippen LogP) is -5.04. The average Bonchev–Trinajstić information content (AvgIpc) is 2.88. The number of nitrogens with zero attached hydrogens (tertiary/aromatic N) is 6. The average molecular weight is 605 g/mol. The number of phosphoric ester groups is 1. The zero-order chi connectivity index (χ0) is 28.1. The molecular weight excluding hydrogens is 592 g/mol. The van der Waals surface area contributed by atoms with Crippen LogP contribution in [0.3, 0.4) is 0 Å². The van der Waals surface area contributed by atoms with Gasteiger partial charge in [0.1, 0.15) is 12.2 Å². The number of alkyl halides is 3. The van der Waals surface area contributed by atoms with Gasteiger partial charge >= 0.3 is 71.0 Å². The SMILES string of the molecule is Nc1ncc(-c2ccc3ncc4c(=O)n(COP(=O)([O-])[O-])c(=O)n(-c5cccc(C(F)(F)F)c5)c4c3n2)cn1.[Na+].[Na+]. The molecule has 0 fully saturated rings. The second-order valence-corrected chi connectivity index (χ2v) is 9.17. The van der Waals surface area contributed by atoms with Crippen molar-refractivity contribution in [2.75, 3.05) is 5.73 Å². The maximum absolute atomic E-state index is 13.5. The number of hydrogen-bond donors (Lipinski definition) is 1. The summed E-state index contributed by atoms with van der Waals surface area (Å²) in [5.74, 6) is -0.00600. The molecule has 0 radical (unpaired) electrons. The van der Waals surface area contributed by atoms with Gasteiger partial charge in [0.05, 0.1) is 41.2 Å². The first kappa shape index (κ1) is 33.0. The molecule has 5 rings (SSSR count). The quantitative estimate of drug-likeness (QED) is 0.115. The first-order valence-electron chi connectivity index (χ1n) is 10.7. The Labute approximate surface area is 271 Å². The van der Waals surface area contributed by atoms with Crippen molar-refractivity contribution in [3.63, 3.8) is 0 Å². The topological polar surface area (TPSA) is 194 Å². The Hall–Kier alpha value is -2.50. The minimum Gasteiger partial charge on any atom is -0.790 e. The minimum atomic E-state index is -5.64. The van der Waals surface area contributed by atoms with E-state index in [2.05, 4.69) is 24.5 Å². The van der Waals surface area contributed by atoms with E-state index in [1.165, 1.54) is 30.6 Å². The Bertz CT molecular complexity index is 1930. The summed E-state index contributed by atoms with van der Waals surface area (Å²) in [4.78, 5) is 65.2. The number of halogens is 3. The molecule has 0 saturated carbocycles. The van der Waals surface area contributed by atoms with E-state index in [0.29, 0.717) is 11.6 Å². The van der Waals surface area contributed by atoms with Crippen LogP contribution in [0.5, 0.6) is 0 Å². The normalized spacial score (nSPS) is 11.7. The van der Waals surface area contributed by atoms with Crippen molar-refractivity contribution in [1.29, 1.82) is 0 Å². The van der Waals surface area contributed by atoms with Crippen molar-refractivity contribution in [1.82, 2.24) is 29.1 Å². The van der Waals surface area contributed by atoms with Crippen molar-refractivity contribution >= 4 is 35.7 Å². The summed E-state index contributed by atoms with van der Waals surface area (Å²) in [5.41, 5.74) is 2.19. The number of aromatic nitrogens is 6. The molecule has 0 saturated heterocycles. The smallest absolute Gasteiger partial charge is 0.790 e. The molecule has 19 heteroatoms. The minimum absolute atomic E-state index is 0. The fourth-order valence-electron chi connectivity index (χ4n) is 3.82. The van der Waals surface area contributed by atoms with Crippen LogP contribution in [-0.4, -0.2) is 29.1 Å². The summed E-state index contributed by atoms with van der Waals surface area (Å²) < 4.78 is 56.7. The zero-order valence-corrected chi connectivity index (χ0v) is 26.1. The maximum atomic E-state index is 13.5. The molecule has 0 aliphatic heterocycles. The molecule has 200 valence electrons. The third-order valence-corrected chi connectivity index (χ3v) is 5.98. The van der Waals surface area contributed by atoms with Crippen LogP contribution in [0.15, 0.2) is 64.6 Å². The molecule has 0 unspecified atom stereocenters. The number of fused-ring (bicyclic) bond motifs is 3. The van der Waals surface area contributed by atoms with Crippen LogP contribution in [0.1, 0.15) is 5.56 Å². The number of hydrogen-bond acceptors (Lipinski definition) is 11. The second-order valence-electron chi connectivity index (χ2n) is 8.02. The van der Waals surface area contributed by atoms with E-state index in [1.54, 1.807) is 0 Å². The number of rotatable bonds is 5. The molecule has 5 aromatic rings. The van der Waals surface area contributed by atoms with E-state index in [1.807, 2.05) is 0 Å². The molecule has 0 amide bonds. The van der Waals surface area contributed by atoms with Crippen molar-refractivity contribution < 1.29 is 91.2 Å². The van der Waals surface area contributed by atoms with Crippen LogP contribution in [0.2, 0.25) is 0 Å². The van der Waals surface area contributed by atoms with E-state index in [0.717, 1.165) is 22.9 Å². The van der Waals surface area contributed by atoms with E-state index < -0.39 is 37.5 Å². The van der Waals surface area contributed by atoms with E-state index >= 15 is 0 Å². The van der Waals surface area contributed by atoms with Gasteiger partial charge in [-0.1, -0.05) is 6.07 Å². The van der Waals surface area contributed by atoms with Gasteiger partial charge in [-0.15, -0.1) is 0 Å². The molecule has 0 spiro atoms. The van der Waals surface area contributed by atoms with Gasteiger partial charge in [0.2, 0.25) is 5.95 Å². The standard InChI is InChI=1S/C22H15F3N7O6P.2Na/c23-22(24,25)12-2-1-3-13(6-12)32-18-14(19(33)31(21(32)34)10-38-39(35,36)37)9-27-16-5-4-15(30-17(16)18)11-7-28-20(26)29-8-11;;/h1-9H,10H2,(H2,26,28,29)(H2,35,36,37);;/q;2*+1/p-2. The summed E-state index contributed by atoms with van der Waals surface area (Å²) in [6, 6.07) is 6.68. The Kier molecular flexibility index (Phi) is 9.97. The van der Waals surface area contributed by atoms with Gasteiger partial charge in [0.25, 0.3) is 5.56 Å². The molecule has 2 N–H and O–H groups in total. The molecule has 4 aromatic heterocycles. The van der Waals surface area contributed by atoms with Crippen molar-refractivity contribution in [2.24, 2.45) is 0 Å². The van der Waals surface area contributed by atoms with Gasteiger partial charge in [-0.2, -0.15) is 13.2 Å². The molecule has 13 nitrogen and oxygen atoms in total. The Morgan fingerprint density at radius 3 is 2.32 bits per heavy atom. The van der Waals surface area contributed by atoms with E-state index in [9.17, 15) is 37.1 Å². The van der Waals surface area contributed by atoms with Crippen LogP contribution in [0.25, 0.3) is 38.9 Å². The summed E-state index contributed by atoms with van der Waals surface area (Å²) in [6.45, 7) is -1.31. The molecule has 4 heterocycles. The van der Waals surface area contributed by atoms with Crippen molar-refractivity contribution in [3.8, 4) is 16.9 Å². The van der Waals surface area contributed by atoms with Gasteiger partial charge in [-0.3, -0.25) is 14.3 Å². The third-order valence-electron chi connectivity index (χ3n) is 5.55. The van der Waals surface area contributed by atoms with Gasteiger partial charge in [-0.25, -0.2) is 24.3 Å². The van der Waals surface area contributed by atoms with Gasteiger partial charge in [-0.05, 0) is 30.3 Å². The van der Waals surface area contributed by atoms with Gasteiger partial charge < -0.3 is 24.6 Å². The number of benzene rings is 1. The van der Waals surface area contributed by atoms with Crippen LogP contribution in [-0.2, 0) is 22.0 Å². The van der Waals surface area contributed by atoms with E-state index in [4.69, 9.17) is 5.73 Å². The van der Waals surface area contributed by atoms with Gasteiger partial charge in [0.15, 0.2) is 0 Å². The number of phosphoric acid groups is 1. The molecule has 0 aliphatic rings. The number of pyridine rings is 2. The van der Waals surface area contributed by atoms with Gasteiger partial charge in [0, 0.05) is 24.2 Å². The Balaban J connectivity index is 0.00000231. The molecule has 0 bridgehead atoms. The summed E-state index contributed by atoms with van der Waals surface area (Å²) in [7, 11) is -5.64. The summed E-state index contributed by atoms with van der Waals surface area (Å²) >= 11 is 0. The fraction of sp³-hybridized carbons (Fsp3) is 0.0909. The molecule has 41 heavy (non-hydrogen) atoms. The first-order chi connectivity index (χ1) is 18.3. The van der Waals surface area contributed by atoms with Crippen LogP contribution in [0, 0.1) is 0 Å². The van der Waals surface area contributed by atoms with Crippen LogP contribution < -0.4 is 85.9 Å². The van der Waals surface area contributed by atoms with E-state index in [-0.39, 0.29) is 103 Å². The number of nitrogens with two attached hydrogens (primary N) is 1. The number of nitrogen functional groups attached to an aromatic ring is 1. The predicted molar refractivity (Wildman–Crippen MR) is 126 cm³/mol. The van der Waals surface area contributed by atoms with Crippen LogP contribution >= 0.6 is 7.82 Å².